The number of halogens is 3. The molecule has 1 amide bonds. The Bertz CT molecular complexity index is 1740. The summed E-state index contributed by atoms with van der Waals surface area (Å²) in [6.45, 7) is 3.41. The molecular formula is C28H21F3N8O2. The van der Waals surface area contributed by atoms with Crippen molar-refractivity contribution in [2.24, 2.45) is 5.29 Å². The first-order chi connectivity index (χ1) is 19.6. The van der Waals surface area contributed by atoms with Gasteiger partial charge in [0.15, 0.2) is 0 Å². The predicted molar refractivity (Wildman–Crippen MR) is 146 cm³/mol. The fraction of sp³-hybridized carbons (Fsp3) is 0.107. The summed E-state index contributed by atoms with van der Waals surface area (Å²) >= 11 is 0. The van der Waals surface area contributed by atoms with Crippen LogP contribution in [0.2, 0.25) is 0 Å². The molecule has 0 unspecified atom stereocenters. The fourth-order valence-electron chi connectivity index (χ4n) is 4.04. The second-order valence-electron chi connectivity index (χ2n) is 8.99. The summed E-state index contributed by atoms with van der Waals surface area (Å²) in [7, 11) is 0. The summed E-state index contributed by atoms with van der Waals surface area (Å²) < 4.78 is 42.4. The first kappa shape index (κ1) is 27.1. The van der Waals surface area contributed by atoms with E-state index in [9.17, 15) is 22.9 Å². The lowest BCUT2D eigenvalue weighted by Crippen LogP contribution is -2.17. The normalized spacial score (nSPS) is 11.2. The molecule has 41 heavy (non-hydrogen) atoms. The topological polar surface area (TPSA) is 118 Å². The van der Waals surface area contributed by atoms with Gasteiger partial charge in [-0.15, -0.1) is 4.91 Å². The number of rotatable bonds is 7. The van der Waals surface area contributed by atoms with Crippen molar-refractivity contribution in [3.63, 3.8) is 0 Å². The van der Waals surface area contributed by atoms with E-state index in [2.05, 4.69) is 30.5 Å². The molecule has 10 nitrogen and oxygen atoms in total. The molecule has 0 aliphatic carbocycles. The lowest BCUT2D eigenvalue weighted by Gasteiger charge is -2.17. The van der Waals surface area contributed by atoms with Gasteiger partial charge in [0.1, 0.15) is 0 Å². The summed E-state index contributed by atoms with van der Waals surface area (Å²) in [5.74, 6) is -0.755. The van der Waals surface area contributed by atoms with Crippen LogP contribution in [0.3, 0.4) is 0 Å². The molecule has 0 bridgehead atoms. The molecule has 3 heterocycles. The Morgan fingerprint density at radius 2 is 1.78 bits per heavy atom. The van der Waals surface area contributed by atoms with Crippen LogP contribution in [0.15, 0.2) is 90.9 Å². The lowest BCUT2D eigenvalue weighted by atomic mass is 10.1. The van der Waals surface area contributed by atoms with E-state index < -0.39 is 17.6 Å². The second kappa shape index (κ2) is 11.0. The number of nitrogens with one attached hydrogen (secondary N) is 1. The average Bonchev–Trinajstić information content (AvgIpc) is 3.40. The van der Waals surface area contributed by atoms with Crippen molar-refractivity contribution in [1.82, 2.24) is 24.5 Å². The number of benzene rings is 2. The highest BCUT2D eigenvalue weighted by molar-refractivity contribution is 6.05. The van der Waals surface area contributed by atoms with E-state index in [1.807, 2.05) is 0 Å². The first-order valence-electron chi connectivity index (χ1n) is 12.2. The van der Waals surface area contributed by atoms with Gasteiger partial charge in [-0.2, -0.15) is 18.2 Å². The van der Waals surface area contributed by atoms with E-state index in [0.29, 0.717) is 22.6 Å². The molecule has 0 aliphatic rings. The molecule has 0 spiro atoms. The number of anilines is 3. The summed E-state index contributed by atoms with van der Waals surface area (Å²) in [6.07, 6.45) is 1.35. The molecule has 0 aliphatic heterocycles. The van der Waals surface area contributed by atoms with Crippen LogP contribution in [0.5, 0.6) is 0 Å². The van der Waals surface area contributed by atoms with Crippen LogP contribution in [-0.4, -0.2) is 30.4 Å². The molecule has 206 valence electrons. The monoisotopic (exact) mass is 558 g/mol. The molecule has 0 fully saturated rings. The van der Waals surface area contributed by atoms with E-state index in [-0.39, 0.29) is 28.6 Å². The van der Waals surface area contributed by atoms with Crippen LogP contribution in [0.1, 0.15) is 27.2 Å². The smallest absolute Gasteiger partial charge is 0.322 e. The van der Waals surface area contributed by atoms with E-state index in [1.54, 1.807) is 56.6 Å². The number of imidazole rings is 1. The van der Waals surface area contributed by atoms with Crippen LogP contribution in [0, 0.1) is 18.8 Å². The highest BCUT2D eigenvalue weighted by atomic mass is 19.4. The van der Waals surface area contributed by atoms with Gasteiger partial charge in [-0.3, -0.25) is 9.78 Å². The number of nitrogens with zero attached hydrogens (tertiary/aromatic N) is 7. The van der Waals surface area contributed by atoms with Crippen LogP contribution < -0.4 is 10.3 Å². The number of aromatic nitrogens is 5. The quantitative estimate of drug-likeness (QED) is 0.181. The molecule has 5 rings (SSSR count). The highest BCUT2D eigenvalue weighted by Crippen LogP contribution is 2.34. The average molecular weight is 559 g/mol. The summed E-state index contributed by atoms with van der Waals surface area (Å²) in [4.78, 5) is 42.0. The van der Waals surface area contributed by atoms with Crippen LogP contribution in [-0.2, 0) is 6.18 Å². The van der Waals surface area contributed by atoms with Gasteiger partial charge in [0, 0.05) is 35.5 Å². The van der Waals surface area contributed by atoms with Gasteiger partial charge < -0.3 is 9.88 Å². The number of pyridine rings is 1. The number of hydrogen-bond acceptors (Lipinski definition) is 7. The van der Waals surface area contributed by atoms with E-state index in [4.69, 9.17) is 0 Å². The van der Waals surface area contributed by atoms with Crippen LogP contribution >= 0.6 is 0 Å². The molecule has 0 radical (unpaired) electrons. The molecule has 0 atom stereocenters. The van der Waals surface area contributed by atoms with E-state index >= 15 is 0 Å². The van der Waals surface area contributed by atoms with Crippen molar-refractivity contribution in [2.45, 2.75) is 20.0 Å². The zero-order chi connectivity index (χ0) is 29.1. The molecule has 0 saturated carbocycles. The van der Waals surface area contributed by atoms with Crippen molar-refractivity contribution < 1.29 is 18.0 Å². The predicted octanol–water partition coefficient (Wildman–Crippen LogP) is 6.43. The lowest BCUT2D eigenvalue weighted by molar-refractivity contribution is -0.137. The molecule has 5 aromatic rings. The van der Waals surface area contributed by atoms with Gasteiger partial charge in [-0.05, 0) is 67.9 Å². The molecule has 0 saturated heterocycles. The van der Waals surface area contributed by atoms with Crippen molar-refractivity contribution in [3.05, 3.63) is 113 Å². The minimum absolute atomic E-state index is 0.0537. The van der Waals surface area contributed by atoms with Crippen molar-refractivity contribution in [2.75, 3.05) is 10.3 Å². The third-order valence-corrected chi connectivity index (χ3v) is 6.05. The number of alkyl halides is 3. The number of aryl methyl sites for hydroxylation is 2. The minimum atomic E-state index is -4.65. The summed E-state index contributed by atoms with van der Waals surface area (Å²) in [6, 6.07) is 14.6. The summed E-state index contributed by atoms with van der Waals surface area (Å²) in [5.41, 5.74) is 1.62. The van der Waals surface area contributed by atoms with E-state index in [1.165, 1.54) is 35.3 Å². The summed E-state index contributed by atoms with van der Waals surface area (Å²) in [5, 5.41) is 6.52. The minimum Gasteiger partial charge on any atom is -0.322 e. The molecule has 2 aromatic carbocycles. The Balaban J connectivity index is 1.47. The number of amides is 1. The zero-order valence-electron chi connectivity index (χ0n) is 21.7. The Morgan fingerprint density at radius 3 is 2.46 bits per heavy atom. The van der Waals surface area contributed by atoms with Gasteiger partial charge in [0.25, 0.3) is 11.9 Å². The second-order valence-corrected chi connectivity index (χ2v) is 8.99. The molecule has 1 N–H and O–H groups in total. The van der Waals surface area contributed by atoms with Gasteiger partial charge in [0.2, 0.25) is 0 Å². The van der Waals surface area contributed by atoms with E-state index in [0.717, 1.165) is 17.1 Å². The van der Waals surface area contributed by atoms with Crippen molar-refractivity contribution >= 4 is 23.2 Å². The molecule has 13 heteroatoms. The largest absolute Gasteiger partial charge is 0.416 e. The Morgan fingerprint density at radius 1 is 0.951 bits per heavy atom. The molecule has 3 aromatic heterocycles. The highest BCUT2D eigenvalue weighted by Gasteiger charge is 2.31. The number of hydrogen-bond donors (Lipinski definition) is 1. The Labute approximate surface area is 231 Å². The number of carbonyl (C=O) groups excluding carboxylic acids is 1. The van der Waals surface area contributed by atoms with Gasteiger partial charge in [0.05, 0.1) is 39.9 Å². The standard InChI is InChI=1S/C28H21F3N8O2/c1-17-6-7-19(11-25(17)39(37-41)27-33-10-8-24(36-27)23-5-3-4-9-32-23)26(40)35-21-12-20(28(29,30)31)13-22(14-21)38-15-18(2)34-16-38/h3-16H,1-2H3,(H,35,40). The van der Waals surface area contributed by atoms with Gasteiger partial charge in [-0.1, -0.05) is 12.1 Å². The Hall–Kier alpha value is -5.46. The maximum absolute atomic E-state index is 13.7. The van der Waals surface area contributed by atoms with Crippen LogP contribution in [0.4, 0.5) is 30.5 Å². The Kier molecular flexibility index (Phi) is 7.25. The number of carbonyl (C=O) groups is 1. The van der Waals surface area contributed by atoms with Crippen LogP contribution in [0.25, 0.3) is 17.1 Å². The maximum atomic E-state index is 13.7. The SMILES string of the molecule is Cc1cn(-c2cc(NC(=O)c3ccc(C)c(N(N=O)c4nccc(-c5ccccn5)n4)c3)cc(C(F)(F)F)c2)cn1. The van der Waals surface area contributed by atoms with Crippen molar-refractivity contribution in [3.8, 4) is 17.1 Å². The third kappa shape index (κ3) is 5.93. The fourth-order valence-corrected chi connectivity index (χ4v) is 4.04. The van der Waals surface area contributed by atoms with Gasteiger partial charge >= 0.3 is 6.18 Å². The molecular weight excluding hydrogens is 537 g/mol. The first-order valence-corrected chi connectivity index (χ1v) is 12.2. The third-order valence-electron chi connectivity index (χ3n) is 6.05. The zero-order valence-corrected chi connectivity index (χ0v) is 21.7. The van der Waals surface area contributed by atoms with Gasteiger partial charge in [-0.25, -0.2) is 15.0 Å². The number of nitroso groups, excluding NO2 is 1. The maximum Gasteiger partial charge on any atom is 0.416 e. The van der Waals surface area contributed by atoms with Crippen molar-refractivity contribution in [1.29, 1.82) is 0 Å².